The molecule has 0 spiro atoms. The van der Waals surface area contributed by atoms with E-state index < -0.39 is 0 Å². The molecule has 1 atom stereocenters. The quantitative estimate of drug-likeness (QED) is 0.461. The highest BCUT2D eigenvalue weighted by atomic mass is 35.5. The van der Waals surface area contributed by atoms with Gasteiger partial charge in [0.05, 0.1) is 11.6 Å². The number of hydrogen-bond donors (Lipinski definition) is 0. The lowest BCUT2D eigenvalue weighted by molar-refractivity contribution is 0.395. The number of halogens is 2. The number of nitrogens with zero attached hydrogens (tertiary/aromatic N) is 2. The Labute approximate surface area is 159 Å². The van der Waals surface area contributed by atoms with E-state index in [4.69, 9.17) is 11.6 Å². The van der Waals surface area contributed by atoms with Gasteiger partial charge in [-0.25, -0.2) is 4.39 Å². The first-order chi connectivity index (χ1) is 12.2. The van der Waals surface area contributed by atoms with Crippen LogP contribution in [0.5, 0.6) is 0 Å². The largest absolute Gasteiger partial charge is 0.369 e. The van der Waals surface area contributed by atoms with Crippen molar-refractivity contribution in [1.82, 2.24) is 0 Å². The number of hydrogen-bond acceptors (Lipinski definition) is 2. The number of allylic oxidation sites excluding steroid dienone is 1. The van der Waals surface area contributed by atoms with Gasteiger partial charge < -0.3 is 4.90 Å². The van der Waals surface area contributed by atoms with Gasteiger partial charge in [0, 0.05) is 23.3 Å². The van der Waals surface area contributed by atoms with Crippen molar-refractivity contribution in [3.63, 3.8) is 0 Å². The normalized spacial score (nSPS) is 19.0. The molecule has 134 valence electrons. The topological polar surface area (TPSA) is 27.0 Å². The second-order valence-electron chi connectivity index (χ2n) is 7.59. The summed E-state index contributed by atoms with van der Waals surface area (Å²) in [6.07, 6.45) is 2.83. The zero-order chi connectivity index (χ0) is 19.1. The van der Waals surface area contributed by atoms with Crippen LogP contribution < -0.4 is 4.90 Å². The summed E-state index contributed by atoms with van der Waals surface area (Å²) in [6.45, 7) is 6.69. The van der Waals surface area contributed by atoms with E-state index in [0.29, 0.717) is 22.1 Å². The van der Waals surface area contributed by atoms with E-state index in [1.807, 2.05) is 6.07 Å². The fourth-order valence-electron chi connectivity index (χ4n) is 3.68. The number of benzene rings is 2. The Morgan fingerprint density at radius 1 is 1.31 bits per heavy atom. The van der Waals surface area contributed by atoms with Gasteiger partial charge in [0.2, 0.25) is 0 Å². The van der Waals surface area contributed by atoms with Crippen molar-refractivity contribution in [2.24, 2.45) is 0 Å². The molecule has 1 aliphatic rings. The van der Waals surface area contributed by atoms with E-state index in [1.54, 1.807) is 18.2 Å². The molecule has 1 heterocycles. The summed E-state index contributed by atoms with van der Waals surface area (Å²) in [5.41, 5.74) is 4.39. The molecule has 3 rings (SSSR count). The molecule has 0 bridgehead atoms. The molecule has 0 unspecified atom stereocenters. The van der Waals surface area contributed by atoms with Crippen LogP contribution in [0.25, 0.3) is 11.6 Å². The third-order valence-electron chi connectivity index (χ3n) is 5.33. The van der Waals surface area contributed by atoms with Crippen LogP contribution in [0.3, 0.4) is 0 Å². The summed E-state index contributed by atoms with van der Waals surface area (Å²) in [7, 11) is 2.09. The van der Waals surface area contributed by atoms with E-state index in [9.17, 15) is 9.65 Å². The maximum atomic E-state index is 13.1. The molecule has 26 heavy (non-hydrogen) atoms. The van der Waals surface area contributed by atoms with Crippen molar-refractivity contribution in [3.05, 3.63) is 63.9 Å². The minimum atomic E-state index is -0.322. The van der Waals surface area contributed by atoms with Crippen molar-refractivity contribution < 1.29 is 4.39 Å². The Morgan fingerprint density at radius 3 is 2.58 bits per heavy atom. The number of nitriles is 1. The second kappa shape index (κ2) is 6.78. The predicted molar refractivity (Wildman–Crippen MR) is 107 cm³/mol. The summed E-state index contributed by atoms with van der Waals surface area (Å²) in [5.74, 6) is 0.0781. The molecule has 2 nitrogen and oxygen atoms in total. The van der Waals surface area contributed by atoms with Crippen LogP contribution in [0.2, 0.25) is 5.02 Å². The Bertz CT molecular complexity index is 907. The molecule has 0 aliphatic carbocycles. The highest BCUT2D eigenvalue weighted by Gasteiger charge is 2.34. The molecular formula is C22H22ClFN2. The monoisotopic (exact) mass is 368 g/mol. The maximum absolute atomic E-state index is 13.1. The number of fused-ring (bicyclic) bond motifs is 1. The molecule has 0 fully saturated rings. The first-order valence-electron chi connectivity index (χ1n) is 8.68. The highest BCUT2D eigenvalue weighted by Crippen LogP contribution is 2.44. The Kier molecular flexibility index (Phi) is 4.82. The van der Waals surface area contributed by atoms with E-state index in [0.717, 1.165) is 17.7 Å². The summed E-state index contributed by atoms with van der Waals surface area (Å²) in [4.78, 5) is 2.27. The van der Waals surface area contributed by atoms with Crippen LogP contribution in [-0.4, -0.2) is 12.6 Å². The van der Waals surface area contributed by atoms with Gasteiger partial charge in [-0.3, -0.25) is 0 Å². The Balaban J connectivity index is 2.08. The van der Waals surface area contributed by atoms with E-state index >= 15 is 0 Å². The summed E-state index contributed by atoms with van der Waals surface area (Å²) in [6, 6.07) is 12.2. The SMILES string of the molecule is C[C@H]1CC(C)(C)N(C)c2cc(Cl)c(/C=C(/C#N)c3ccc(F)cc3)cc21. The maximum Gasteiger partial charge on any atom is 0.123 e. The van der Waals surface area contributed by atoms with Crippen molar-refractivity contribution in [3.8, 4) is 6.07 Å². The van der Waals surface area contributed by atoms with Crippen LogP contribution in [-0.2, 0) is 0 Å². The van der Waals surface area contributed by atoms with Crippen molar-refractivity contribution >= 4 is 28.9 Å². The van der Waals surface area contributed by atoms with Gasteiger partial charge in [-0.05, 0) is 73.2 Å². The number of anilines is 1. The first-order valence-corrected chi connectivity index (χ1v) is 9.06. The highest BCUT2D eigenvalue weighted by molar-refractivity contribution is 6.32. The van der Waals surface area contributed by atoms with Crippen molar-refractivity contribution in [2.45, 2.75) is 38.6 Å². The summed E-state index contributed by atoms with van der Waals surface area (Å²) < 4.78 is 13.1. The molecule has 0 saturated carbocycles. The zero-order valence-electron chi connectivity index (χ0n) is 15.5. The first kappa shape index (κ1) is 18.5. The lowest BCUT2D eigenvalue weighted by Crippen LogP contribution is -2.45. The summed E-state index contributed by atoms with van der Waals surface area (Å²) >= 11 is 6.54. The minimum absolute atomic E-state index is 0.0685. The van der Waals surface area contributed by atoms with Crippen LogP contribution in [0.4, 0.5) is 10.1 Å². The minimum Gasteiger partial charge on any atom is -0.369 e. The van der Waals surface area contributed by atoms with Gasteiger partial charge >= 0.3 is 0 Å². The van der Waals surface area contributed by atoms with Crippen LogP contribution in [0.15, 0.2) is 36.4 Å². The Morgan fingerprint density at radius 2 is 1.96 bits per heavy atom. The molecule has 2 aromatic carbocycles. The van der Waals surface area contributed by atoms with Gasteiger partial charge in [-0.2, -0.15) is 5.26 Å². The van der Waals surface area contributed by atoms with E-state index in [1.165, 1.54) is 17.7 Å². The lowest BCUT2D eigenvalue weighted by Gasteiger charge is -2.45. The molecular weight excluding hydrogens is 347 g/mol. The third kappa shape index (κ3) is 3.34. The van der Waals surface area contributed by atoms with E-state index in [-0.39, 0.29) is 11.4 Å². The van der Waals surface area contributed by atoms with Crippen LogP contribution in [0, 0.1) is 17.1 Å². The molecule has 0 amide bonds. The molecule has 0 radical (unpaired) electrons. The van der Waals surface area contributed by atoms with E-state index in [2.05, 4.69) is 44.9 Å². The van der Waals surface area contributed by atoms with Gasteiger partial charge in [0.15, 0.2) is 0 Å². The fraction of sp³-hybridized carbons (Fsp3) is 0.318. The average molecular weight is 369 g/mol. The third-order valence-corrected chi connectivity index (χ3v) is 5.65. The molecule has 0 N–H and O–H groups in total. The standard InChI is InChI=1S/C22H22ClFN2/c1-14-12-22(2,3)26(4)21-11-20(23)16(10-19(14)21)9-17(13-25)15-5-7-18(24)8-6-15/h5-11,14H,12H2,1-4H3/b17-9-/t14-/m0/s1. The second-order valence-corrected chi connectivity index (χ2v) is 7.99. The van der Waals surface area contributed by atoms with Crippen molar-refractivity contribution in [2.75, 3.05) is 11.9 Å². The molecule has 0 aromatic heterocycles. The molecule has 0 saturated heterocycles. The molecule has 2 aromatic rings. The lowest BCUT2D eigenvalue weighted by atomic mass is 9.80. The van der Waals surface area contributed by atoms with Crippen LogP contribution in [0.1, 0.15) is 49.8 Å². The van der Waals surface area contributed by atoms with Gasteiger partial charge in [-0.15, -0.1) is 0 Å². The number of rotatable bonds is 2. The van der Waals surface area contributed by atoms with Crippen LogP contribution >= 0.6 is 11.6 Å². The predicted octanol–water partition coefficient (Wildman–Crippen LogP) is 6.27. The molecule has 4 heteroatoms. The molecule has 1 aliphatic heterocycles. The van der Waals surface area contributed by atoms with Gasteiger partial charge in [0.1, 0.15) is 5.82 Å². The fourth-order valence-corrected chi connectivity index (χ4v) is 3.89. The summed E-state index contributed by atoms with van der Waals surface area (Å²) in [5, 5.41) is 10.1. The zero-order valence-corrected chi connectivity index (χ0v) is 16.2. The average Bonchev–Trinajstić information content (AvgIpc) is 2.59. The van der Waals surface area contributed by atoms with Crippen molar-refractivity contribution in [1.29, 1.82) is 5.26 Å². The Hall–Kier alpha value is -2.31. The smallest absolute Gasteiger partial charge is 0.123 e. The van der Waals surface area contributed by atoms with Gasteiger partial charge in [0.25, 0.3) is 0 Å². The van der Waals surface area contributed by atoms with Gasteiger partial charge in [-0.1, -0.05) is 30.7 Å².